The molecule has 2 rings (SSSR count). The number of aliphatic hydroxyl groups is 1. The summed E-state index contributed by atoms with van der Waals surface area (Å²) in [5, 5.41) is 10.5. The third kappa shape index (κ3) is 4.22. The topological polar surface area (TPSA) is 20.2 Å². The van der Waals surface area contributed by atoms with E-state index in [2.05, 4.69) is 31.2 Å². The summed E-state index contributed by atoms with van der Waals surface area (Å²) >= 11 is 6.17. The van der Waals surface area contributed by atoms with E-state index in [1.165, 1.54) is 24.8 Å². The van der Waals surface area contributed by atoms with Crippen molar-refractivity contribution in [3.8, 4) is 0 Å². The van der Waals surface area contributed by atoms with Crippen molar-refractivity contribution < 1.29 is 5.11 Å². The Labute approximate surface area is 122 Å². The van der Waals surface area contributed by atoms with Gasteiger partial charge in [-0.3, -0.25) is 0 Å². The van der Waals surface area contributed by atoms with Crippen LogP contribution in [0.4, 0.5) is 0 Å². The van der Waals surface area contributed by atoms with Gasteiger partial charge in [-0.25, -0.2) is 0 Å². The monoisotopic (exact) mass is 280 g/mol. The second-order valence-corrected chi connectivity index (χ2v) is 6.40. The van der Waals surface area contributed by atoms with Crippen LogP contribution in [0.25, 0.3) is 0 Å². The lowest BCUT2D eigenvalue weighted by atomic mass is 9.95. The zero-order valence-corrected chi connectivity index (χ0v) is 12.6. The molecule has 1 nitrogen and oxygen atoms in total. The first-order valence-electron chi connectivity index (χ1n) is 7.62. The Morgan fingerprint density at radius 2 is 1.95 bits per heavy atom. The molecule has 1 aliphatic rings. The molecule has 1 unspecified atom stereocenters. The molecule has 2 heteroatoms. The minimum absolute atomic E-state index is 0.301. The van der Waals surface area contributed by atoms with Crippen LogP contribution in [0.15, 0.2) is 24.3 Å². The Morgan fingerprint density at radius 3 is 2.53 bits per heavy atom. The van der Waals surface area contributed by atoms with Crippen LogP contribution in [0.3, 0.4) is 0 Å². The van der Waals surface area contributed by atoms with Crippen molar-refractivity contribution in [1.29, 1.82) is 0 Å². The van der Waals surface area contributed by atoms with E-state index in [0.29, 0.717) is 11.3 Å². The fraction of sp³-hybridized carbons (Fsp3) is 0.647. The lowest BCUT2D eigenvalue weighted by Crippen LogP contribution is -1.99. The maximum absolute atomic E-state index is 10.1. The molecule has 0 heterocycles. The Bertz CT molecular complexity index is 373. The molecule has 1 saturated carbocycles. The van der Waals surface area contributed by atoms with Crippen LogP contribution in [0.2, 0.25) is 0 Å². The van der Waals surface area contributed by atoms with Crippen LogP contribution in [-0.2, 0) is 0 Å². The van der Waals surface area contributed by atoms with Gasteiger partial charge >= 0.3 is 0 Å². The number of alkyl halides is 1. The predicted molar refractivity (Wildman–Crippen MR) is 81.8 cm³/mol. The third-order valence-electron chi connectivity index (χ3n) is 4.24. The average molecular weight is 281 g/mol. The normalized spacial score (nSPS) is 24.6. The molecule has 0 amide bonds. The van der Waals surface area contributed by atoms with Crippen LogP contribution in [0.5, 0.6) is 0 Å². The zero-order chi connectivity index (χ0) is 13.7. The number of hydrogen-bond donors (Lipinski definition) is 1. The summed E-state index contributed by atoms with van der Waals surface area (Å²) in [6.07, 6.45) is 7.52. The minimum Gasteiger partial charge on any atom is -0.388 e. The molecule has 19 heavy (non-hydrogen) atoms. The second-order valence-electron chi connectivity index (χ2n) is 5.79. The van der Waals surface area contributed by atoms with Gasteiger partial charge in [-0.1, -0.05) is 50.5 Å². The number of halogens is 1. The van der Waals surface area contributed by atoms with Crippen molar-refractivity contribution in [3.05, 3.63) is 35.4 Å². The van der Waals surface area contributed by atoms with Crippen molar-refractivity contribution in [2.24, 2.45) is 0 Å². The van der Waals surface area contributed by atoms with E-state index in [1.54, 1.807) is 0 Å². The van der Waals surface area contributed by atoms with E-state index in [-0.39, 0.29) is 6.10 Å². The first-order chi connectivity index (χ1) is 9.20. The molecule has 0 bridgehead atoms. The summed E-state index contributed by atoms with van der Waals surface area (Å²) in [6, 6.07) is 8.54. The molecule has 1 aliphatic carbocycles. The summed E-state index contributed by atoms with van der Waals surface area (Å²) in [5.74, 6) is 0.619. The van der Waals surface area contributed by atoms with Crippen LogP contribution in [-0.4, -0.2) is 10.5 Å². The van der Waals surface area contributed by atoms with Crippen molar-refractivity contribution in [2.75, 3.05) is 0 Å². The number of unbranched alkanes of at least 4 members (excludes halogenated alkanes) is 2. The van der Waals surface area contributed by atoms with Crippen molar-refractivity contribution in [1.82, 2.24) is 0 Å². The summed E-state index contributed by atoms with van der Waals surface area (Å²) in [7, 11) is 0. The summed E-state index contributed by atoms with van der Waals surface area (Å²) in [5.41, 5.74) is 2.44. The van der Waals surface area contributed by atoms with Gasteiger partial charge in [0.15, 0.2) is 0 Å². The number of rotatable bonds is 6. The first kappa shape index (κ1) is 14.9. The van der Waals surface area contributed by atoms with Crippen molar-refractivity contribution in [2.45, 2.75) is 69.3 Å². The molecule has 0 radical (unpaired) electrons. The van der Waals surface area contributed by atoms with Gasteiger partial charge < -0.3 is 5.11 Å². The highest BCUT2D eigenvalue weighted by atomic mass is 35.5. The van der Waals surface area contributed by atoms with Crippen LogP contribution < -0.4 is 0 Å². The summed E-state index contributed by atoms with van der Waals surface area (Å²) < 4.78 is 0. The van der Waals surface area contributed by atoms with Crippen molar-refractivity contribution in [3.63, 3.8) is 0 Å². The van der Waals surface area contributed by atoms with Gasteiger partial charge in [0.1, 0.15) is 0 Å². The molecule has 0 spiro atoms. The molecule has 1 aromatic rings. The lowest BCUT2D eigenvalue weighted by Gasteiger charge is -2.14. The van der Waals surface area contributed by atoms with Crippen molar-refractivity contribution >= 4 is 11.6 Å². The second kappa shape index (κ2) is 7.31. The minimum atomic E-state index is -0.301. The molecular formula is C17H25ClO. The van der Waals surface area contributed by atoms with Gasteiger partial charge in [-0.2, -0.15) is 0 Å². The molecular weight excluding hydrogens is 256 g/mol. The van der Waals surface area contributed by atoms with E-state index in [9.17, 15) is 5.11 Å². The standard InChI is InChI=1S/C17H25ClO/c1-2-3-4-5-17(19)14-8-6-13(7-9-14)15-10-11-16(18)12-15/h6-9,15-17,19H,2-5,10-12H2,1H3/t15-,16+,17?/m0/s1. The average Bonchev–Trinajstić information content (AvgIpc) is 2.86. The molecule has 0 aromatic heterocycles. The number of hydrogen-bond acceptors (Lipinski definition) is 1. The number of benzene rings is 1. The smallest absolute Gasteiger partial charge is 0.0790 e. The Morgan fingerprint density at radius 1 is 1.21 bits per heavy atom. The fourth-order valence-electron chi connectivity index (χ4n) is 2.97. The SMILES string of the molecule is CCCCCC(O)c1ccc([C@H]2CC[C@@H](Cl)C2)cc1. The molecule has 1 aromatic carbocycles. The molecule has 0 saturated heterocycles. The molecule has 1 N–H and O–H groups in total. The van der Waals surface area contributed by atoms with Gasteiger partial charge in [-0.15, -0.1) is 11.6 Å². The van der Waals surface area contributed by atoms with Crippen LogP contribution in [0.1, 0.15) is 75.0 Å². The van der Waals surface area contributed by atoms with Gasteiger partial charge in [0.2, 0.25) is 0 Å². The van der Waals surface area contributed by atoms with Crippen LogP contribution >= 0.6 is 11.6 Å². The highest BCUT2D eigenvalue weighted by Crippen LogP contribution is 2.37. The summed E-state index contributed by atoms with van der Waals surface area (Å²) in [4.78, 5) is 0. The maximum atomic E-state index is 10.1. The fourth-order valence-corrected chi connectivity index (χ4v) is 3.31. The van der Waals surface area contributed by atoms with Crippen LogP contribution in [0, 0.1) is 0 Å². The van der Waals surface area contributed by atoms with E-state index in [4.69, 9.17) is 11.6 Å². The first-order valence-corrected chi connectivity index (χ1v) is 8.06. The zero-order valence-electron chi connectivity index (χ0n) is 11.8. The van der Waals surface area contributed by atoms with Gasteiger partial charge in [0.05, 0.1) is 6.10 Å². The quantitative estimate of drug-likeness (QED) is 0.563. The molecule has 1 fully saturated rings. The van der Waals surface area contributed by atoms with Gasteiger partial charge in [0, 0.05) is 5.38 Å². The van der Waals surface area contributed by atoms with E-state index < -0.39 is 0 Å². The maximum Gasteiger partial charge on any atom is 0.0790 e. The highest BCUT2D eigenvalue weighted by Gasteiger charge is 2.24. The van der Waals surface area contributed by atoms with Gasteiger partial charge in [-0.05, 0) is 42.7 Å². The summed E-state index contributed by atoms with van der Waals surface area (Å²) in [6.45, 7) is 2.19. The largest absolute Gasteiger partial charge is 0.388 e. The lowest BCUT2D eigenvalue weighted by molar-refractivity contribution is 0.163. The third-order valence-corrected chi connectivity index (χ3v) is 4.64. The predicted octanol–water partition coefficient (Wildman–Crippen LogP) is 5.18. The Balaban J connectivity index is 1.90. The van der Waals surface area contributed by atoms with E-state index >= 15 is 0 Å². The number of aliphatic hydroxyl groups excluding tert-OH is 1. The van der Waals surface area contributed by atoms with Gasteiger partial charge in [0.25, 0.3) is 0 Å². The van der Waals surface area contributed by atoms with E-state index in [1.807, 2.05) is 0 Å². The van der Waals surface area contributed by atoms with E-state index in [0.717, 1.165) is 31.2 Å². The Hall–Kier alpha value is -0.530. The molecule has 106 valence electrons. The Kier molecular flexibility index (Phi) is 5.72. The highest BCUT2D eigenvalue weighted by molar-refractivity contribution is 6.20. The molecule has 0 aliphatic heterocycles. The molecule has 3 atom stereocenters.